The first-order valence-electron chi connectivity index (χ1n) is 8.11. The van der Waals surface area contributed by atoms with E-state index in [2.05, 4.69) is 21.9 Å². The number of amides is 2. The first-order valence-corrected chi connectivity index (χ1v) is 8.89. The van der Waals surface area contributed by atoms with E-state index < -0.39 is 12.0 Å². The number of carbonyl (C=O) groups is 2. The quantitative estimate of drug-likeness (QED) is 0.426. The number of nitrogens with one attached hydrogen (secondary N) is 2. The van der Waals surface area contributed by atoms with Crippen molar-refractivity contribution in [3.8, 4) is 5.88 Å². The highest BCUT2D eigenvalue weighted by Crippen LogP contribution is 2.30. The number of aromatic nitrogens is 1. The maximum absolute atomic E-state index is 11.7. The second-order valence-corrected chi connectivity index (χ2v) is 5.99. The van der Waals surface area contributed by atoms with Crippen LogP contribution >= 0.6 is 11.5 Å². The van der Waals surface area contributed by atoms with Crippen LogP contribution < -0.4 is 15.4 Å². The highest BCUT2D eigenvalue weighted by Gasteiger charge is 2.23. The Hall–Kier alpha value is -1.87. The number of aromatic carboxylic acids is 1. The SMILES string of the molecule is CCCCCCCOc1nsc(NC(=O)NCCCO)c1C(=O)O. The van der Waals surface area contributed by atoms with Gasteiger partial charge in [0.2, 0.25) is 5.88 Å². The van der Waals surface area contributed by atoms with Crippen molar-refractivity contribution in [1.29, 1.82) is 0 Å². The van der Waals surface area contributed by atoms with Gasteiger partial charge in [-0.1, -0.05) is 32.6 Å². The number of anilines is 1. The second kappa shape index (κ2) is 11.6. The van der Waals surface area contributed by atoms with Crippen LogP contribution in [0.3, 0.4) is 0 Å². The maximum atomic E-state index is 11.7. The third kappa shape index (κ3) is 7.14. The van der Waals surface area contributed by atoms with Gasteiger partial charge in [-0.3, -0.25) is 5.32 Å². The fraction of sp³-hybridized carbons (Fsp3) is 0.667. The number of urea groups is 1. The van der Waals surface area contributed by atoms with Gasteiger partial charge in [0.25, 0.3) is 0 Å². The summed E-state index contributed by atoms with van der Waals surface area (Å²) in [7, 11) is 0. The summed E-state index contributed by atoms with van der Waals surface area (Å²) in [6.07, 6.45) is 5.75. The van der Waals surface area contributed by atoms with Crippen LogP contribution in [0.5, 0.6) is 5.88 Å². The summed E-state index contributed by atoms with van der Waals surface area (Å²) in [5.41, 5.74) is -0.133. The standard InChI is InChI=1S/C15H25N3O5S/c1-2-3-4-5-6-10-23-12-11(14(20)21)13(24-18-12)17-15(22)16-8-7-9-19/h19H,2-10H2,1H3,(H,20,21)(H2,16,17,22). The molecular weight excluding hydrogens is 334 g/mol. The maximum Gasteiger partial charge on any atom is 0.344 e. The molecule has 0 aliphatic rings. The molecule has 2 amide bonds. The summed E-state index contributed by atoms with van der Waals surface area (Å²) in [6, 6.07) is -0.541. The second-order valence-electron chi connectivity index (χ2n) is 5.22. The van der Waals surface area contributed by atoms with E-state index in [9.17, 15) is 14.7 Å². The fourth-order valence-corrected chi connectivity index (χ4v) is 2.67. The minimum absolute atomic E-state index is 0.0303. The predicted octanol–water partition coefficient (Wildman–Crippen LogP) is 2.69. The van der Waals surface area contributed by atoms with Gasteiger partial charge >= 0.3 is 12.0 Å². The molecule has 0 saturated heterocycles. The Morgan fingerprint density at radius 3 is 2.62 bits per heavy atom. The lowest BCUT2D eigenvalue weighted by Gasteiger charge is -2.07. The van der Waals surface area contributed by atoms with Crippen LogP contribution in [0.15, 0.2) is 0 Å². The Morgan fingerprint density at radius 2 is 1.96 bits per heavy atom. The lowest BCUT2D eigenvalue weighted by atomic mass is 10.2. The van der Waals surface area contributed by atoms with Crippen LogP contribution in [0.4, 0.5) is 9.80 Å². The molecule has 0 aliphatic carbocycles. The molecule has 0 aromatic carbocycles. The Balaban J connectivity index is 2.54. The largest absolute Gasteiger partial charge is 0.477 e. The van der Waals surface area contributed by atoms with E-state index >= 15 is 0 Å². The van der Waals surface area contributed by atoms with E-state index in [1.165, 1.54) is 6.42 Å². The van der Waals surface area contributed by atoms with Crippen LogP contribution in [-0.2, 0) is 0 Å². The summed E-state index contributed by atoms with van der Waals surface area (Å²) in [5, 5.41) is 23.1. The molecule has 0 bridgehead atoms. The minimum Gasteiger partial charge on any atom is -0.477 e. The number of aliphatic hydroxyl groups excluding tert-OH is 1. The third-order valence-electron chi connectivity index (χ3n) is 3.21. The normalized spacial score (nSPS) is 10.4. The summed E-state index contributed by atoms with van der Waals surface area (Å²) in [5.74, 6) is -1.16. The van der Waals surface area contributed by atoms with Gasteiger partial charge in [0.1, 0.15) is 5.00 Å². The lowest BCUT2D eigenvalue weighted by molar-refractivity contribution is 0.0693. The molecule has 1 heterocycles. The van der Waals surface area contributed by atoms with Crippen molar-refractivity contribution in [2.75, 3.05) is 25.1 Å². The van der Waals surface area contributed by atoms with Gasteiger partial charge < -0.3 is 20.3 Å². The molecule has 1 aromatic heterocycles. The van der Waals surface area contributed by atoms with Crippen molar-refractivity contribution >= 4 is 28.5 Å². The summed E-state index contributed by atoms with van der Waals surface area (Å²) in [6.45, 7) is 2.80. The van der Waals surface area contributed by atoms with E-state index in [1.807, 2.05) is 0 Å². The number of carbonyl (C=O) groups excluding carboxylic acids is 1. The van der Waals surface area contributed by atoms with Crippen LogP contribution in [0, 0.1) is 0 Å². The summed E-state index contributed by atoms with van der Waals surface area (Å²) < 4.78 is 9.43. The first kappa shape index (κ1) is 20.2. The molecule has 1 aromatic rings. The van der Waals surface area contributed by atoms with Gasteiger partial charge in [-0.2, -0.15) is 4.37 Å². The zero-order valence-corrected chi connectivity index (χ0v) is 14.7. The molecule has 0 unspecified atom stereocenters. The molecule has 0 saturated carbocycles. The van der Waals surface area contributed by atoms with Crippen molar-refractivity contribution < 1.29 is 24.5 Å². The Bertz CT molecular complexity index is 521. The average Bonchev–Trinajstić information content (AvgIpc) is 2.93. The van der Waals surface area contributed by atoms with E-state index in [0.29, 0.717) is 19.6 Å². The van der Waals surface area contributed by atoms with Crippen molar-refractivity contribution in [2.45, 2.75) is 45.4 Å². The molecule has 8 nitrogen and oxygen atoms in total. The van der Waals surface area contributed by atoms with Crippen molar-refractivity contribution in [1.82, 2.24) is 9.69 Å². The predicted molar refractivity (Wildman–Crippen MR) is 92.1 cm³/mol. The number of aliphatic hydroxyl groups is 1. The van der Waals surface area contributed by atoms with Crippen LogP contribution in [0.1, 0.15) is 55.8 Å². The average molecular weight is 359 g/mol. The number of ether oxygens (including phenoxy) is 1. The zero-order valence-electron chi connectivity index (χ0n) is 13.8. The van der Waals surface area contributed by atoms with Gasteiger partial charge in [0, 0.05) is 13.2 Å². The van der Waals surface area contributed by atoms with E-state index in [1.54, 1.807) is 0 Å². The van der Waals surface area contributed by atoms with Crippen LogP contribution in [0.25, 0.3) is 0 Å². The van der Waals surface area contributed by atoms with E-state index in [0.717, 1.165) is 37.2 Å². The van der Waals surface area contributed by atoms with Gasteiger partial charge in [-0.15, -0.1) is 0 Å². The topological polar surface area (TPSA) is 121 Å². The molecule has 24 heavy (non-hydrogen) atoms. The van der Waals surface area contributed by atoms with Gasteiger partial charge in [0.15, 0.2) is 5.56 Å². The Kier molecular flexibility index (Phi) is 9.78. The zero-order chi connectivity index (χ0) is 17.8. The van der Waals surface area contributed by atoms with Crippen LogP contribution in [0.2, 0.25) is 0 Å². The fourth-order valence-electron chi connectivity index (χ4n) is 1.95. The summed E-state index contributed by atoms with van der Waals surface area (Å²) >= 11 is 0.867. The van der Waals surface area contributed by atoms with Crippen molar-refractivity contribution in [3.63, 3.8) is 0 Å². The number of carboxylic acids is 1. The molecule has 4 N–H and O–H groups in total. The number of unbranched alkanes of at least 4 members (excludes halogenated alkanes) is 4. The molecule has 1 rings (SSSR count). The number of hydrogen-bond donors (Lipinski definition) is 4. The Morgan fingerprint density at radius 1 is 1.21 bits per heavy atom. The lowest BCUT2D eigenvalue weighted by Crippen LogP contribution is -2.30. The highest BCUT2D eigenvalue weighted by molar-refractivity contribution is 7.11. The number of rotatable bonds is 12. The molecular formula is C15H25N3O5S. The molecule has 136 valence electrons. The van der Waals surface area contributed by atoms with Crippen molar-refractivity contribution in [3.05, 3.63) is 5.56 Å². The minimum atomic E-state index is -1.20. The first-order chi connectivity index (χ1) is 11.6. The number of carboxylic acid groups (broad SMARTS) is 1. The number of nitrogens with zero attached hydrogens (tertiary/aromatic N) is 1. The van der Waals surface area contributed by atoms with Gasteiger partial charge in [-0.25, -0.2) is 9.59 Å². The van der Waals surface area contributed by atoms with Crippen LogP contribution in [-0.4, -0.2) is 46.3 Å². The third-order valence-corrected chi connectivity index (χ3v) is 3.95. The number of hydrogen-bond acceptors (Lipinski definition) is 6. The highest BCUT2D eigenvalue weighted by atomic mass is 32.1. The molecule has 0 fully saturated rings. The molecule has 0 radical (unpaired) electrons. The molecule has 0 spiro atoms. The molecule has 0 aliphatic heterocycles. The Labute approximate surface area is 145 Å². The monoisotopic (exact) mass is 359 g/mol. The van der Waals surface area contributed by atoms with Gasteiger partial charge in [0.05, 0.1) is 6.61 Å². The summed E-state index contributed by atoms with van der Waals surface area (Å²) in [4.78, 5) is 23.1. The smallest absolute Gasteiger partial charge is 0.344 e. The van der Waals surface area contributed by atoms with Crippen molar-refractivity contribution in [2.24, 2.45) is 0 Å². The van der Waals surface area contributed by atoms with E-state index in [-0.39, 0.29) is 23.1 Å². The van der Waals surface area contributed by atoms with Gasteiger partial charge in [-0.05, 0) is 24.4 Å². The molecule has 0 atom stereocenters. The molecule has 9 heteroatoms. The van der Waals surface area contributed by atoms with E-state index in [4.69, 9.17) is 9.84 Å².